The molecule has 6 heteroatoms. The van der Waals surface area contributed by atoms with Crippen molar-refractivity contribution < 1.29 is 0 Å². The second kappa shape index (κ2) is 4.84. The third-order valence-electron chi connectivity index (χ3n) is 1.94. The molecule has 1 aliphatic rings. The first-order valence-corrected chi connectivity index (χ1v) is 6.20. The van der Waals surface area contributed by atoms with Crippen LogP contribution in [0.4, 0.5) is 0 Å². The smallest absolute Gasteiger partial charge is 0.209 e. The standard InChI is InChI=1S/C8H12N4S2/c13-5-1-2-6-14-8-9-10-11-12(8)7-3-4-7/h1-2,7,13H,3-6H2. The first kappa shape index (κ1) is 10.0. The summed E-state index contributed by atoms with van der Waals surface area (Å²) in [5.41, 5.74) is 0. The van der Waals surface area contributed by atoms with Crippen molar-refractivity contribution in [3.05, 3.63) is 12.2 Å². The Morgan fingerprint density at radius 1 is 1.50 bits per heavy atom. The Morgan fingerprint density at radius 3 is 3.07 bits per heavy atom. The zero-order valence-corrected chi connectivity index (χ0v) is 9.42. The van der Waals surface area contributed by atoms with Crippen molar-refractivity contribution in [1.29, 1.82) is 0 Å². The second-order valence-electron chi connectivity index (χ2n) is 3.10. The molecule has 0 unspecified atom stereocenters. The van der Waals surface area contributed by atoms with E-state index in [0.717, 1.165) is 16.7 Å². The van der Waals surface area contributed by atoms with Crippen molar-refractivity contribution in [2.45, 2.75) is 24.0 Å². The first-order valence-electron chi connectivity index (χ1n) is 4.58. The first-order chi connectivity index (χ1) is 6.92. The molecule has 76 valence electrons. The van der Waals surface area contributed by atoms with Crippen molar-refractivity contribution in [3.63, 3.8) is 0 Å². The van der Waals surface area contributed by atoms with Crippen LogP contribution in [0.25, 0.3) is 0 Å². The molecule has 0 bridgehead atoms. The van der Waals surface area contributed by atoms with Crippen LogP contribution in [0.15, 0.2) is 17.3 Å². The molecule has 0 atom stereocenters. The average molecular weight is 228 g/mol. The zero-order valence-electron chi connectivity index (χ0n) is 7.70. The van der Waals surface area contributed by atoms with Crippen molar-refractivity contribution in [2.75, 3.05) is 11.5 Å². The fraction of sp³-hybridized carbons (Fsp3) is 0.625. The molecule has 1 heterocycles. The van der Waals surface area contributed by atoms with E-state index in [4.69, 9.17) is 0 Å². The summed E-state index contributed by atoms with van der Waals surface area (Å²) in [6.45, 7) is 0. The third-order valence-corrected chi connectivity index (χ3v) is 3.03. The maximum absolute atomic E-state index is 4.09. The molecule has 14 heavy (non-hydrogen) atoms. The van der Waals surface area contributed by atoms with Crippen LogP contribution in [0.3, 0.4) is 0 Å². The monoisotopic (exact) mass is 228 g/mol. The maximum atomic E-state index is 4.09. The Morgan fingerprint density at radius 2 is 2.36 bits per heavy atom. The van der Waals surface area contributed by atoms with E-state index in [0.29, 0.717) is 6.04 Å². The van der Waals surface area contributed by atoms with Gasteiger partial charge in [-0.3, -0.25) is 0 Å². The molecular formula is C8H12N4S2. The molecule has 0 saturated heterocycles. The van der Waals surface area contributed by atoms with E-state index >= 15 is 0 Å². The highest BCUT2D eigenvalue weighted by Gasteiger charge is 2.27. The minimum absolute atomic E-state index is 0.557. The lowest BCUT2D eigenvalue weighted by atomic mass is 10.6. The van der Waals surface area contributed by atoms with Crippen LogP contribution >= 0.6 is 24.4 Å². The van der Waals surface area contributed by atoms with Crippen LogP contribution in [0.1, 0.15) is 18.9 Å². The quantitative estimate of drug-likeness (QED) is 0.472. The summed E-state index contributed by atoms with van der Waals surface area (Å²) < 4.78 is 1.93. The van der Waals surface area contributed by atoms with Gasteiger partial charge >= 0.3 is 0 Å². The maximum Gasteiger partial charge on any atom is 0.209 e. The molecular weight excluding hydrogens is 216 g/mol. The summed E-state index contributed by atoms with van der Waals surface area (Å²) in [6, 6.07) is 0.557. The van der Waals surface area contributed by atoms with E-state index in [1.807, 2.05) is 10.8 Å². The van der Waals surface area contributed by atoms with Gasteiger partial charge in [0.15, 0.2) is 0 Å². The van der Waals surface area contributed by atoms with Gasteiger partial charge in [0.1, 0.15) is 0 Å². The van der Waals surface area contributed by atoms with Crippen LogP contribution < -0.4 is 0 Å². The molecule has 0 spiro atoms. The molecule has 0 N–H and O–H groups in total. The lowest BCUT2D eigenvalue weighted by Gasteiger charge is -1.98. The summed E-state index contributed by atoms with van der Waals surface area (Å²) in [4.78, 5) is 0. The summed E-state index contributed by atoms with van der Waals surface area (Å²) in [7, 11) is 0. The number of hydrogen-bond donors (Lipinski definition) is 1. The topological polar surface area (TPSA) is 43.6 Å². The van der Waals surface area contributed by atoms with Crippen molar-refractivity contribution in [2.24, 2.45) is 0 Å². The van der Waals surface area contributed by atoms with Crippen LogP contribution in [0.5, 0.6) is 0 Å². The van der Waals surface area contributed by atoms with Gasteiger partial charge in [-0.05, 0) is 23.3 Å². The van der Waals surface area contributed by atoms with Gasteiger partial charge in [-0.1, -0.05) is 23.9 Å². The highest BCUT2D eigenvalue weighted by Crippen LogP contribution is 2.36. The number of nitrogens with zero attached hydrogens (tertiary/aromatic N) is 4. The normalized spacial score (nSPS) is 16.6. The SMILES string of the molecule is SCC=CCSc1nnnn1C1CC1. The fourth-order valence-corrected chi connectivity index (χ4v) is 2.04. The summed E-state index contributed by atoms with van der Waals surface area (Å²) >= 11 is 5.76. The largest absolute Gasteiger partial charge is 0.217 e. The lowest BCUT2D eigenvalue weighted by molar-refractivity contribution is 0.565. The van der Waals surface area contributed by atoms with E-state index in [1.165, 1.54) is 12.8 Å². The lowest BCUT2D eigenvalue weighted by Crippen LogP contribution is -1.98. The Kier molecular flexibility index (Phi) is 3.47. The third kappa shape index (κ3) is 2.51. The van der Waals surface area contributed by atoms with E-state index in [1.54, 1.807) is 11.8 Å². The molecule has 1 saturated carbocycles. The van der Waals surface area contributed by atoms with Crippen molar-refractivity contribution in [3.8, 4) is 0 Å². The van der Waals surface area contributed by atoms with Gasteiger partial charge in [0, 0.05) is 11.5 Å². The zero-order chi connectivity index (χ0) is 9.80. The minimum atomic E-state index is 0.557. The Labute approximate surface area is 92.6 Å². The number of aromatic nitrogens is 4. The molecule has 0 radical (unpaired) electrons. The van der Waals surface area contributed by atoms with E-state index in [9.17, 15) is 0 Å². The number of thiol groups is 1. The molecule has 0 aromatic carbocycles. The molecule has 4 nitrogen and oxygen atoms in total. The van der Waals surface area contributed by atoms with Gasteiger partial charge in [-0.2, -0.15) is 12.6 Å². The van der Waals surface area contributed by atoms with Crippen LogP contribution in [-0.4, -0.2) is 31.7 Å². The highest BCUT2D eigenvalue weighted by atomic mass is 32.2. The van der Waals surface area contributed by atoms with Gasteiger partial charge < -0.3 is 0 Å². The molecule has 1 aromatic heterocycles. The summed E-state index contributed by atoms with van der Waals surface area (Å²) in [5, 5.41) is 12.6. The Bertz CT molecular complexity index is 319. The van der Waals surface area contributed by atoms with Crippen molar-refractivity contribution >= 4 is 24.4 Å². The summed E-state index contributed by atoms with van der Waals surface area (Å²) in [6.07, 6.45) is 6.54. The average Bonchev–Trinajstić information content (AvgIpc) is 2.94. The Hall–Kier alpha value is -0.490. The van der Waals surface area contributed by atoms with Crippen LogP contribution in [-0.2, 0) is 0 Å². The highest BCUT2D eigenvalue weighted by molar-refractivity contribution is 7.99. The van der Waals surface area contributed by atoms with Gasteiger partial charge in [-0.25, -0.2) is 4.68 Å². The number of thioether (sulfide) groups is 1. The second-order valence-corrected chi connectivity index (χ2v) is 4.45. The molecule has 0 aliphatic heterocycles. The molecule has 1 fully saturated rings. The predicted octanol–water partition coefficient (Wildman–Crippen LogP) is 1.59. The van der Waals surface area contributed by atoms with Gasteiger partial charge in [0.25, 0.3) is 0 Å². The molecule has 0 amide bonds. The molecule has 2 rings (SSSR count). The van der Waals surface area contributed by atoms with Crippen LogP contribution in [0.2, 0.25) is 0 Å². The summed E-state index contributed by atoms with van der Waals surface area (Å²) in [5.74, 6) is 1.70. The van der Waals surface area contributed by atoms with E-state index < -0.39 is 0 Å². The van der Waals surface area contributed by atoms with Gasteiger partial charge in [0.2, 0.25) is 5.16 Å². The number of rotatable bonds is 5. The van der Waals surface area contributed by atoms with E-state index in [-0.39, 0.29) is 0 Å². The number of tetrazole rings is 1. The predicted molar refractivity (Wildman–Crippen MR) is 59.8 cm³/mol. The van der Waals surface area contributed by atoms with Gasteiger partial charge in [-0.15, -0.1) is 5.10 Å². The Balaban J connectivity index is 1.88. The van der Waals surface area contributed by atoms with Crippen LogP contribution in [0, 0.1) is 0 Å². The fourth-order valence-electron chi connectivity index (χ4n) is 1.09. The molecule has 1 aromatic rings. The van der Waals surface area contributed by atoms with E-state index in [2.05, 4.69) is 34.2 Å². The molecule has 1 aliphatic carbocycles. The minimum Gasteiger partial charge on any atom is -0.217 e. The number of hydrogen-bond acceptors (Lipinski definition) is 5. The van der Waals surface area contributed by atoms with Crippen molar-refractivity contribution in [1.82, 2.24) is 20.2 Å². The van der Waals surface area contributed by atoms with Gasteiger partial charge in [0.05, 0.1) is 6.04 Å².